The average Bonchev–Trinajstić information content (AvgIpc) is 2.85. The van der Waals surface area contributed by atoms with Gasteiger partial charge in [0.15, 0.2) is 5.82 Å². The molecular formula is C26H30N4O5. The van der Waals surface area contributed by atoms with Crippen molar-refractivity contribution in [3.63, 3.8) is 0 Å². The number of carboxylic acid groups (broad SMARTS) is 1. The predicted octanol–water partition coefficient (Wildman–Crippen LogP) is 3.53. The first-order chi connectivity index (χ1) is 16.9. The molecule has 0 spiro atoms. The number of nitrogens with one attached hydrogen (secondary N) is 1. The number of carbonyl (C=O) groups is 2. The molecule has 0 bridgehead atoms. The molecule has 0 fully saturated rings. The third-order valence-corrected chi connectivity index (χ3v) is 5.05. The number of aliphatic carboxylic acids is 1. The number of aromatic nitrogens is 2. The van der Waals surface area contributed by atoms with Crippen molar-refractivity contribution in [1.29, 1.82) is 0 Å². The zero-order chi connectivity index (χ0) is 25.0. The van der Waals surface area contributed by atoms with Gasteiger partial charge in [0.1, 0.15) is 19.0 Å². The maximum atomic E-state index is 11.9. The minimum Gasteiger partial charge on any atom is -0.487 e. The van der Waals surface area contributed by atoms with Crippen LogP contribution in [0.2, 0.25) is 0 Å². The van der Waals surface area contributed by atoms with Crippen LogP contribution in [0.4, 0.5) is 4.79 Å². The minimum absolute atomic E-state index is 0.0375. The zero-order valence-electron chi connectivity index (χ0n) is 19.9. The van der Waals surface area contributed by atoms with Gasteiger partial charge in [-0.1, -0.05) is 36.4 Å². The maximum Gasteiger partial charge on any atom is 0.407 e. The highest BCUT2D eigenvalue weighted by atomic mass is 16.5. The van der Waals surface area contributed by atoms with Crippen molar-refractivity contribution in [3.05, 3.63) is 77.6 Å². The molecule has 184 valence electrons. The van der Waals surface area contributed by atoms with E-state index in [1.54, 1.807) is 12.3 Å². The van der Waals surface area contributed by atoms with Gasteiger partial charge in [0.05, 0.1) is 5.69 Å². The Kier molecular flexibility index (Phi) is 9.56. The van der Waals surface area contributed by atoms with Gasteiger partial charge >= 0.3 is 12.1 Å². The van der Waals surface area contributed by atoms with Gasteiger partial charge in [-0.05, 0) is 49.8 Å². The second-order valence-electron chi connectivity index (χ2n) is 8.17. The lowest BCUT2D eigenvalue weighted by Gasteiger charge is -2.12. The number of hydrogen-bond donors (Lipinski definition) is 2. The molecule has 0 saturated heterocycles. The fraction of sp³-hybridized carbons (Fsp3) is 0.308. The third-order valence-electron chi connectivity index (χ3n) is 5.05. The molecule has 1 amide bonds. The lowest BCUT2D eigenvalue weighted by Crippen LogP contribution is -2.31. The molecule has 1 aromatic heterocycles. The maximum absolute atomic E-state index is 11.9. The molecule has 0 saturated carbocycles. The summed E-state index contributed by atoms with van der Waals surface area (Å²) in [6, 6.07) is 16.7. The summed E-state index contributed by atoms with van der Waals surface area (Å²) in [5, 5.41) is 11.7. The molecule has 2 aromatic carbocycles. The van der Waals surface area contributed by atoms with Gasteiger partial charge in [-0.15, -0.1) is 0 Å². The van der Waals surface area contributed by atoms with Crippen LogP contribution < -0.4 is 10.1 Å². The average molecular weight is 479 g/mol. The number of hydrogen-bond acceptors (Lipinski definition) is 7. The van der Waals surface area contributed by atoms with E-state index in [0.717, 1.165) is 23.2 Å². The van der Waals surface area contributed by atoms with E-state index < -0.39 is 12.1 Å². The first-order valence-electron chi connectivity index (χ1n) is 11.3. The van der Waals surface area contributed by atoms with E-state index in [0.29, 0.717) is 30.2 Å². The molecule has 2 N–H and O–H groups in total. The topological polar surface area (TPSA) is 114 Å². The van der Waals surface area contributed by atoms with E-state index in [1.807, 2.05) is 67.5 Å². The zero-order valence-corrected chi connectivity index (χ0v) is 19.9. The van der Waals surface area contributed by atoms with Crippen molar-refractivity contribution < 1.29 is 24.2 Å². The van der Waals surface area contributed by atoms with Crippen LogP contribution >= 0.6 is 0 Å². The number of likely N-dealkylation sites (N-methyl/N-ethyl adjacent to an activating group) is 1. The highest BCUT2D eigenvalue weighted by Gasteiger charge is 2.09. The normalized spacial score (nSPS) is 10.7. The van der Waals surface area contributed by atoms with Gasteiger partial charge in [-0.3, -0.25) is 4.79 Å². The summed E-state index contributed by atoms with van der Waals surface area (Å²) in [5.41, 5.74) is 3.14. The minimum atomic E-state index is -0.849. The molecule has 0 aliphatic rings. The number of nitrogens with zero attached hydrogens (tertiary/aromatic N) is 3. The van der Waals surface area contributed by atoms with Gasteiger partial charge in [0.25, 0.3) is 0 Å². The summed E-state index contributed by atoms with van der Waals surface area (Å²) in [6.07, 6.45) is 1.63. The highest BCUT2D eigenvalue weighted by molar-refractivity contribution is 5.67. The highest BCUT2D eigenvalue weighted by Crippen LogP contribution is 2.22. The number of carbonyl (C=O) groups excluding carboxylic acids is 1. The molecule has 0 aliphatic carbocycles. The smallest absolute Gasteiger partial charge is 0.407 e. The van der Waals surface area contributed by atoms with Crippen LogP contribution in [0, 0.1) is 0 Å². The van der Waals surface area contributed by atoms with Crippen LogP contribution in [0.5, 0.6) is 5.75 Å². The van der Waals surface area contributed by atoms with Crippen LogP contribution in [-0.2, 0) is 29.2 Å². The van der Waals surface area contributed by atoms with Crippen molar-refractivity contribution in [2.45, 2.75) is 26.1 Å². The fourth-order valence-electron chi connectivity index (χ4n) is 3.24. The standard InChI is InChI=1S/C26H30N4O5/c1-30(2)15-14-28-26(33)35-17-19-6-5-8-21(16-19)25-27-13-12-22(29-25)18-34-23-9-4-3-7-20(23)10-11-24(31)32/h3-9,12-13,16H,10-11,14-15,17-18H2,1-2H3,(H,28,33)(H,31,32). The van der Waals surface area contributed by atoms with E-state index in [9.17, 15) is 9.59 Å². The molecular weight excluding hydrogens is 448 g/mol. The quantitative estimate of drug-likeness (QED) is 0.406. The summed E-state index contributed by atoms with van der Waals surface area (Å²) in [7, 11) is 3.87. The molecule has 9 heteroatoms. The van der Waals surface area contributed by atoms with Crippen molar-refractivity contribution in [2.75, 3.05) is 27.2 Å². The molecule has 0 atom stereocenters. The number of para-hydroxylation sites is 1. The lowest BCUT2D eigenvalue weighted by atomic mass is 10.1. The summed E-state index contributed by atoms with van der Waals surface area (Å²) >= 11 is 0. The molecule has 9 nitrogen and oxygen atoms in total. The van der Waals surface area contributed by atoms with E-state index >= 15 is 0 Å². The predicted molar refractivity (Wildman–Crippen MR) is 131 cm³/mol. The SMILES string of the molecule is CN(C)CCNC(=O)OCc1cccc(-c2nccc(COc3ccccc3CCC(=O)O)n2)c1. The summed E-state index contributed by atoms with van der Waals surface area (Å²) in [5.74, 6) is 0.317. The van der Waals surface area contributed by atoms with E-state index in [-0.39, 0.29) is 19.6 Å². The number of carboxylic acids is 1. The molecule has 3 rings (SSSR count). The lowest BCUT2D eigenvalue weighted by molar-refractivity contribution is -0.136. The van der Waals surface area contributed by atoms with Gasteiger partial charge < -0.3 is 24.8 Å². The Bertz CT molecular complexity index is 1140. The number of ether oxygens (including phenoxy) is 2. The van der Waals surface area contributed by atoms with Gasteiger partial charge in [-0.25, -0.2) is 14.8 Å². The molecule has 1 heterocycles. The van der Waals surface area contributed by atoms with Crippen molar-refractivity contribution in [1.82, 2.24) is 20.2 Å². The number of benzene rings is 2. The molecule has 0 unspecified atom stereocenters. The monoisotopic (exact) mass is 478 g/mol. The second kappa shape index (κ2) is 13.0. The van der Waals surface area contributed by atoms with Crippen LogP contribution in [0.3, 0.4) is 0 Å². The molecule has 0 aliphatic heterocycles. The fourth-order valence-corrected chi connectivity index (χ4v) is 3.24. The van der Waals surface area contributed by atoms with E-state index in [2.05, 4.69) is 15.3 Å². The Morgan fingerprint density at radius 2 is 1.89 bits per heavy atom. The van der Waals surface area contributed by atoms with Crippen LogP contribution in [0.15, 0.2) is 60.8 Å². The summed E-state index contributed by atoms with van der Waals surface area (Å²) in [4.78, 5) is 33.7. The van der Waals surface area contributed by atoms with Crippen molar-refractivity contribution >= 4 is 12.1 Å². The Morgan fingerprint density at radius 3 is 2.69 bits per heavy atom. The van der Waals surface area contributed by atoms with Crippen molar-refractivity contribution in [2.24, 2.45) is 0 Å². The second-order valence-corrected chi connectivity index (χ2v) is 8.17. The molecule has 3 aromatic rings. The first kappa shape index (κ1) is 25.6. The summed E-state index contributed by atoms with van der Waals surface area (Å²) < 4.78 is 11.2. The largest absolute Gasteiger partial charge is 0.487 e. The summed E-state index contributed by atoms with van der Waals surface area (Å²) in [6.45, 7) is 1.60. The van der Waals surface area contributed by atoms with Gasteiger partial charge in [0.2, 0.25) is 0 Å². The van der Waals surface area contributed by atoms with E-state index in [4.69, 9.17) is 14.6 Å². The number of rotatable bonds is 12. The van der Waals surface area contributed by atoms with Crippen LogP contribution in [0.1, 0.15) is 23.2 Å². The van der Waals surface area contributed by atoms with E-state index in [1.165, 1.54) is 0 Å². The molecule has 0 radical (unpaired) electrons. The Morgan fingerprint density at radius 1 is 1.06 bits per heavy atom. The number of amides is 1. The van der Waals surface area contributed by atoms with Gasteiger partial charge in [-0.2, -0.15) is 0 Å². The Labute approximate surface area is 204 Å². The van der Waals surface area contributed by atoms with Crippen LogP contribution in [0.25, 0.3) is 11.4 Å². The Hall–Kier alpha value is -3.98. The van der Waals surface area contributed by atoms with Gasteiger partial charge in [0, 0.05) is 31.3 Å². The van der Waals surface area contributed by atoms with Crippen LogP contribution in [-0.4, -0.2) is 59.2 Å². The number of aryl methyl sites for hydroxylation is 1. The number of alkyl carbamates (subject to hydrolysis) is 1. The molecule has 35 heavy (non-hydrogen) atoms. The third kappa shape index (κ3) is 8.71. The first-order valence-corrected chi connectivity index (χ1v) is 11.3. The van der Waals surface area contributed by atoms with Crippen molar-refractivity contribution in [3.8, 4) is 17.1 Å². The Balaban J connectivity index is 1.60.